The van der Waals surface area contributed by atoms with Gasteiger partial charge in [0.05, 0.1) is 12.2 Å². The maximum Gasteiger partial charge on any atom is 0.278 e. The average Bonchev–Trinajstić information content (AvgIpc) is 3.07. The van der Waals surface area contributed by atoms with Crippen molar-refractivity contribution in [1.82, 2.24) is 4.90 Å². The number of carbonyl (C=O) groups is 2. The predicted molar refractivity (Wildman–Crippen MR) is 126 cm³/mol. The zero-order valence-electron chi connectivity index (χ0n) is 18.4. The lowest BCUT2D eigenvalue weighted by Gasteiger charge is -2.15. The van der Waals surface area contributed by atoms with Crippen molar-refractivity contribution >= 4 is 23.1 Å². The van der Waals surface area contributed by atoms with Crippen LogP contribution in [-0.4, -0.2) is 29.9 Å². The average molecular weight is 445 g/mol. The van der Waals surface area contributed by atoms with Crippen LogP contribution in [0, 0.1) is 5.82 Å². The highest BCUT2D eigenvalue weighted by Crippen LogP contribution is 2.31. The minimum Gasteiger partial charge on any atom is -0.494 e. The number of hydrogen-bond acceptors (Lipinski definition) is 4. The number of carbonyl (C=O) groups excluding carboxylic acids is 2. The smallest absolute Gasteiger partial charge is 0.278 e. The molecule has 4 rings (SSSR count). The molecule has 1 aliphatic heterocycles. The monoisotopic (exact) mass is 444 g/mol. The summed E-state index contributed by atoms with van der Waals surface area (Å²) in [6.45, 7) is 2.82. The van der Waals surface area contributed by atoms with E-state index in [2.05, 4.69) is 5.32 Å². The zero-order chi connectivity index (χ0) is 23.2. The standard InChI is InChI=1S/C27H25FN2O3/c1-2-17-33-23-10-6-9-22(18-23)29-25-24(20-7-4-3-5-8-20)26(31)30(27(25)32)16-15-19-11-13-21(28)14-12-19/h3-14,18,29H,2,15-17H2,1H3. The Morgan fingerprint density at radius 3 is 2.39 bits per heavy atom. The van der Waals surface area contributed by atoms with Gasteiger partial charge in [0.1, 0.15) is 17.3 Å². The predicted octanol–water partition coefficient (Wildman–Crippen LogP) is 5.05. The van der Waals surface area contributed by atoms with E-state index in [-0.39, 0.29) is 29.9 Å². The topological polar surface area (TPSA) is 58.6 Å². The molecule has 6 heteroatoms. The molecule has 0 fully saturated rings. The van der Waals surface area contributed by atoms with E-state index in [0.717, 1.165) is 12.0 Å². The lowest BCUT2D eigenvalue weighted by molar-refractivity contribution is -0.136. The van der Waals surface area contributed by atoms with Crippen molar-refractivity contribution in [1.29, 1.82) is 0 Å². The number of nitrogens with one attached hydrogen (secondary N) is 1. The summed E-state index contributed by atoms with van der Waals surface area (Å²) in [5.41, 5.74) is 2.74. The van der Waals surface area contributed by atoms with Crippen LogP contribution < -0.4 is 10.1 Å². The molecular formula is C27H25FN2O3. The first kappa shape index (κ1) is 22.3. The van der Waals surface area contributed by atoms with Crippen molar-refractivity contribution < 1.29 is 18.7 Å². The van der Waals surface area contributed by atoms with Crippen LogP contribution in [0.2, 0.25) is 0 Å². The molecule has 0 spiro atoms. The summed E-state index contributed by atoms with van der Waals surface area (Å²) >= 11 is 0. The number of anilines is 1. The Morgan fingerprint density at radius 1 is 0.909 bits per heavy atom. The largest absolute Gasteiger partial charge is 0.494 e. The normalized spacial score (nSPS) is 13.6. The van der Waals surface area contributed by atoms with E-state index in [1.165, 1.54) is 17.0 Å². The molecule has 0 bridgehead atoms. The summed E-state index contributed by atoms with van der Waals surface area (Å²) in [5.74, 6) is -0.375. The van der Waals surface area contributed by atoms with Crippen molar-refractivity contribution in [3.63, 3.8) is 0 Å². The Morgan fingerprint density at radius 2 is 1.67 bits per heavy atom. The van der Waals surface area contributed by atoms with Crippen LogP contribution in [0.3, 0.4) is 0 Å². The molecule has 0 radical (unpaired) electrons. The molecule has 2 amide bonds. The highest BCUT2D eigenvalue weighted by Gasteiger charge is 2.38. The fourth-order valence-corrected chi connectivity index (χ4v) is 3.69. The molecule has 0 atom stereocenters. The Bertz CT molecular complexity index is 1170. The third kappa shape index (κ3) is 5.12. The van der Waals surface area contributed by atoms with E-state index in [1.807, 2.05) is 61.5 Å². The van der Waals surface area contributed by atoms with Gasteiger partial charge in [0.2, 0.25) is 0 Å². The van der Waals surface area contributed by atoms with Crippen molar-refractivity contribution in [3.8, 4) is 5.75 Å². The second-order valence-electron chi connectivity index (χ2n) is 7.76. The summed E-state index contributed by atoms with van der Waals surface area (Å²) in [4.78, 5) is 27.9. The van der Waals surface area contributed by atoms with E-state index < -0.39 is 0 Å². The number of amides is 2. The van der Waals surface area contributed by atoms with Gasteiger partial charge < -0.3 is 10.1 Å². The first-order chi connectivity index (χ1) is 16.1. The lowest BCUT2D eigenvalue weighted by atomic mass is 10.0. The number of imide groups is 1. The molecule has 1 aliphatic rings. The van der Waals surface area contributed by atoms with Crippen LogP contribution in [-0.2, 0) is 16.0 Å². The summed E-state index contributed by atoms with van der Waals surface area (Å²) in [7, 11) is 0. The van der Waals surface area contributed by atoms with E-state index in [1.54, 1.807) is 12.1 Å². The van der Waals surface area contributed by atoms with Crippen LogP contribution in [0.4, 0.5) is 10.1 Å². The molecule has 0 unspecified atom stereocenters. The van der Waals surface area contributed by atoms with Crippen molar-refractivity contribution in [2.75, 3.05) is 18.5 Å². The van der Waals surface area contributed by atoms with Crippen LogP contribution in [0.1, 0.15) is 24.5 Å². The van der Waals surface area contributed by atoms with Gasteiger partial charge in [0.15, 0.2) is 0 Å². The molecule has 0 aromatic heterocycles. The summed E-state index contributed by atoms with van der Waals surface area (Å²) in [6.07, 6.45) is 1.32. The maximum atomic E-state index is 13.3. The molecule has 3 aromatic rings. The van der Waals surface area contributed by atoms with Crippen molar-refractivity contribution in [2.45, 2.75) is 19.8 Å². The van der Waals surface area contributed by atoms with Crippen LogP contribution in [0.25, 0.3) is 5.57 Å². The highest BCUT2D eigenvalue weighted by molar-refractivity contribution is 6.36. The van der Waals surface area contributed by atoms with E-state index in [4.69, 9.17) is 4.74 Å². The first-order valence-corrected chi connectivity index (χ1v) is 11.0. The molecule has 0 saturated heterocycles. The van der Waals surface area contributed by atoms with Gasteiger partial charge in [0.25, 0.3) is 11.8 Å². The molecule has 33 heavy (non-hydrogen) atoms. The van der Waals surface area contributed by atoms with Gasteiger partial charge in [-0.15, -0.1) is 0 Å². The minimum absolute atomic E-state index is 0.199. The highest BCUT2D eigenvalue weighted by atomic mass is 19.1. The second-order valence-corrected chi connectivity index (χ2v) is 7.76. The van der Waals surface area contributed by atoms with Gasteiger partial charge in [0, 0.05) is 18.3 Å². The molecule has 0 saturated carbocycles. The van der Waals surface area contributed by atoms with Crippen LogP contribution >= 0.6 is 0 Å². The quantitative estimate of drug-likeness (QED) is 0.469. The van der Waals surface area contributed by atoms with Gasteiger partial charge in [-0.05, 0) is 48.2 Å². The van der Waals surface area contributed by atoms with Gasteiger partial charge in [-0.3, -0.25) is 14.5 Å². The summed E-state index contributed by atoms with van der Waals surface area (Å²) in [5, 5.41) is 3.16. The number of rotatable bonds is 9. The van der Waals surface area contributed by atoms with Crippen molar-refractivity contribution in [3.05, 3.63) is 102 Å². The fraction of sp³-hybridized carbons (Fsp3) is 0.185. The third-order valence-corrected chi connectivity index (χ3v) is 5.34. The lowest BCUT2D eigenvalue weighted by Crippen LogP contribution is -2.34. The molecular weight excluding hydrogens is 419 g/mol. The number of nitrogens with zero attached hydrogens (tertiary/aromatic N) is 1. The Kier molecular flexibility index (Phi) is 6.83. The zero-order valence-corrected chi connectivity index (χ0v) is 18.4. The number of ether oxygens (including phenoxy) is 1. The molecule has 1 heterocycles. The second kappa shape index (κ2) is 10.1. The summed E-state index contributed by atoms with van der Waals surface area (Å²) in [6, 6.07) is 22.5. The van der Waals surface area contributed by atoms with Gasteiger partial charge >= 0.3 is 0 Å². The summed E-state index contributed by atoms with van der Waals surface area (Å²) < 4.78 is 18.9. The SMILES string of the molecule is CCCOc1cccc(NC2=C(c3ccccc3)C(=O)N(CCc3ccc(F)cc3)C2=O)c1. The van der Waals surface area contributed by atoms with Crippen molar-refractivity contribution in [2.24, 2.45) is 0 Å². The third-order valence-electron chi connectivity index (χ3n) is 5.34. The van der Waals surface area contributed by atoms with Gasteiger partial charge in [-0.25, -0.2) is 4.39 Å². The Labute approximate surface area is 192 Å². The van der Waals surface area contributed by atoms with Gasteiger partial charge in [-0.2, -0.15) is 0 Å². The Balaban J connectivity index is 1.61. The molecule has 5 nitrogen and oxygen atoms in total. The molecule has 168 valence electrons. The number of halogens is 1. The number of hydrogen-bond donors (Lipinski definition) is 1. The van der Waals surface area contributed by atoms with Gasteiger partial charge in [-0.1, -0.05) is 55.5 Å². The minimum atomic E-state index is -0.388. The fourth-order valence-electron chi connectivity index (χ4n) is 3.69. The van der Waals surface area contributed by atoms with Crippen LogP contribution in [0.5, 0.6) is 5.75 Å². The molecule has 3 aromatic carbocycles. The molecule has 0 aliphatic carbocycles. The van der Waals surface area contributed by atoms with E-state index in [0.29, 0.717) is 35.6 Å². The van der Waals surface area contributed by atoms with E-state index in [9.17, 15) is 14.0 Å². The Hall–Kier alpha value is -3.93. The van der Waals surface area contributed by atoms with E-state index >= 15 is 0 Å². The molecule has 1 N–H and O–H groups in total. The number of benzene rings is 3. The first-order valence-electron chi connectivity index (χ1n) is 11.0. The maximum absolute atomic E-state index is 13.3. The van der Waals surface area contributed by atoms with Crippen LogP contribution in [0.15, 0.2) is 84.6 Å².